The average molecular weight is 411 g/mol. The number of benzene rings is 2. The van der Waals surface area contributed by atoms with Crippen LogP contribution in [0, 0.1) is 0 Å². The lowest BCUT2D eigenvalue weighted by Gasteiger charge is -2.28. The minimum atomic E-state index is -4.48. The van der Waals surface area contributed by atoms with Crippen LogP contribution in [0.5, 0.6) is 0 Å². The summed E-state index contributed by atoms with van der Waals surface area (Å²) in [5.41, 5.74) is 0.277. The van der Waals surface area contributed by atoms with Gasteiger partial charge < -0.3 is 4.90 Å². The van der Waals surface area contributed by atoms with Gasteiger partial charge in [-0.15, -0.1) is 0 Å². The van der Waals surface area contributed by atoms with Crippen molar-refractivity contribution in [3.63, 3.8) is 0 Å². The van der Waals surface area contributed by atoms with E-state index in [2.05, 4.69) is 0 Å². The van der Waals surface area contributed by atoms with Crippen LogP contribution in [0.15, 0.2) is 54.6 Å². The maximum absolute atomic E-state index is 12.9. The fourth-order valence-corrected chi connectivity index (χ4v) is 5.09. The highest BCUT2D eigenvalue weighted by Crippen LogP contribution is 2.30. The van der Waals surface area contributed by atoms with Crippen molar-refractivity contribution in [2.45, 2.75) is 31.6 Å². The van der Waals surface area contributed by atoms with E-state index in [4.69, 9.17) is 0 Å². The summed E-state index contributed by atoms with van der Waals surface area (Å²) in [4.78, 5) is 14.4. The molecule has 1 atom stereocenters. The molecule has 150 valence electrons. The van der Waals surface area contributed by atoms with E-state index < -0.39 is 27.6 Å². The molecule has 1 saturated heterocycles. The van der Waals surface area contributed by atoms with E-state index in [1.54, 1.807) is 0 Å². The van der Waals surface area contributed by atoms with Crippen molar-refractivity contribution < 1.29 is 26.4 Å². The topological polar surface area (TPSA) is 54.5 Å². The predicted molar refractivity (Wildman–Crippen MR) is 99.2 cm³/mol. The first-order valence-electron chi connectivity index (χ1n) is 8.84. The molecule has 2 aromatic carbocycles. The van der Waals surface area contributed by atoms with Crippen LogP contribution >= 0.6 is 0 Å². The van der Waals surface area contributed by atoms with Crippen molar-refractivity contribution in [1.29, 1.82) is 0 Å². The van der Waals surface area contributed by atoms with Crippen LogP contribution in [0.25, 0.3) is 0 Å². The largest absolute Gasteiger partial charge is 0.416 e. The summed E-state index contributed by atoms with van der Waals surface area (Å²) in [6.07, 6.45) is -4.36. The summed E-state index contributed by atoms with van der Waals surface area (Å²) in [6, 6.07) is 13.3. The zero-order chi connectivity index (χ0) is 20.4. The molecule has 0 radical (unpaired) electrons. The van der Waals surface area contributed by atoms with Crippen LogP contribution in [0.2, 0.25) is 0 Å². The van der Waals surface area contributed by atoms with E-state index in [1.807, 2.05) is 30.3 Å². The highest BCUT2D eigenvalue weighted by atomic mass is 32.2. The standard InChI is InChI=1S/C20H20F3NO3S/c21-20(22,23)17-8-4-7-16(11-17)12-19(25)24(13-15-5-2-1-3-6-15)18-9-10-28(26,27)14-18/h1-8,11,18H,9-10,12-14H2/t18-/m0/s1. The van der Waals surface area contributed by atoms with Gasteiger partial charge in [0, 0.05) is 12.6 Å². The number of sulfone groups is 1. The third kappa shape index (κ3) is 5.13. The molecule has 4 nitrogen and oxygen atoms in total. The lowest BCUT2D eigenvalue weighted by Crippen LogP contribution is -2.41. The molecular formula is C20H20F3NO3S. The minimum Gasteiger partial charge on any atom is -0.334 e. The smallest absolute Gasteiger partial charge is 0.334 e. The highest BCUT2D eigenvalue weighted by molar-refractivity contribution is 7.91. The molecule has 3 rings (SSSR count). The molecule has 2 aromatic rings. The molecule has 1 fully saturated rings. The summed E-state index contributed by atoms with van der Waals surface area (Å²) in [6.45, 7) is 0.221. The zero-order valence-electron chi connectivity index (χ0n) is 15.0. The van der Waals surface area contributed by atoms with Crippen LogP contribution in [0.3, 0.4) is 0 Å². The van der Waals surface area contributed by atoms with Crippen molar-refractivity contribution in [2.24, 2.45) is 0 Å². The summed E-state index contributed by atoms with van der Waals surface area (Å²) in [5, 5.41) is 0. The molecule has 0 aromatic heterocycles. The van der Waals surface area contributed by atoms with Crippen molar-refractivity contribution in [3.8, 4) is 0 Å². The highest BCUT2D eigenvalue weighted by Gasteiger charge is 2.35. The first-order valence-corrected chi connectivity index (χ1v) is 10.7. The molecule has 0 unspecified atom stereocenters. The fourth-order valence-electron chi connectivity index (χ4n) is 3.36. The van der Waals surface area contributed by atoms with Gasteiger partial charge in [-0.25, -0.2) is 8.42 Å². The Balaban J connectivity index is 1.82. The Morgan fingerprint density at radius 1 is 1.04 bits per heavy atom. The minimum absolute atomic E-state index is 0.0137. The van der Waals surface area contributed by atoms with Crippen LogP contribution in [-0.2, 0) is 33.8 Å². The summed E-state index contributed by atoms with van der Waals surface area (Å²) in [5.74, 6) is -0.487. The number of hydrogen-bond acceptors (Lipinski definition) is 3. The number of nitrogens with zero attached hydrogens (tertiary/aromatic N) is 1. The Kier molecular flexibility index (Phi) is 5.79. The molecule has 1 aliphatic heterocycles. The second-order valence-corrected chi connectivity index (χ2v) is 9.17. The molecule has 1 amide bonds. The number of carbonyl (C=O) groups is 1. The van der Waals surface area contributed by atoms with Gasteiger partial charge in [0.1, 0.15) is 0 Å². The lowest BCUT2D eigenvalue weighted by molar-refractivity contribution is -0.138. The Labute approximate surface area is 161 Å². The van der Waals surface area contributed by atoms with Crippen LogP contribution in [0.4, 0.5) is 13.2 Å². The van der Waals surface area contributed by atoms with Gasteiger partial charge in [0.25, 0.3) is 0 Å². The van der Waals surface area contributed by atoms with Crippen molar-refractivity contribution >= 4 is 15.7 Å². The van der Waals surface area contributed by atoms with Crippen LogP contribution in [-0.4, -0.2) is 36.8 Å². The molecule has 1 aliphatic rings. The predicted octanol–water partition coefficient (Wildman–Crippen LogP) is 3.46. The molecule has 28 heavy (non-hydrogen) atoms. The third-order valence-corrected chi connectivity index (χ3v) is 6.53. The Morgan fingerprint density at radius 2 is 1.71 bits per heavy atom. The van der Waals surface area contributed by atoms with Crippen LogP contribution in [0.1, 0.15) is 23.1 Å². The SMILES string of the molecule is O=C(Cc1cccc(C(F)(F)F)c1)N(Cc1ccccc1)[C@H]1CCS(=O)(=O)C1. The molecule has 8 heteroatoms. The monoisotopic (exact) mass is 411 g/mol. The third-order valence-electron chi connectivity index (χ3n) is 4.77. The molecule has 0 N–H and O–H groups in total. The van der Waals surface area contributed by atoms with Gasteiger partial charge in [0.2, 0.25) is 5.91 Å². The van der Waals surface area contributed by atoms with E-state index in [-0.39, 0.29) is 35.9 Å². The van der Waals surface area contributed by atoms with E-state index in [0.29, 0.717) is 6.42 Å². The Hall–Kier alpha value is -2.35. The van der Waals surface area contributed by atoms with Gasteiger partial charge in [-0.3, -0.25) is 4.79 Å². The van der Waals surface area contributed by atoms with Crippen molar-refractivity contribution in [2.75, 3.05) is 11.5 Å². The second kappa shape index (κ2) is 7.95. The molecule has 1 heterocycles. The van der Waals surface area contributed by atoms with E-state index in [9.17, 15) is 26.4 Å². The first kappa shape index (κ1) is 20.4. The summed E-state index contributed by atoms with van der Waals surface area (Å²) >= 11 is 0. The molecule has 0 aliphatic carbocycles. The Morgan fingerprint density at radius 3 is 2.32 bits per heavy atom. The number of halogens is 3. The zero-order valence-corrected chi connectivity index (χ0v) is 15.8. The molecule has 0 saturated carbocycles. The number of carbonyl (C=O) groups excluding carboxylic acids is 1. The van der Waals surface area contributed by atoms with Gasteiger partial charge in [-0.1, -0.05) is 48.5 Å². The summed E-state index contributed by atoms with van der Waals surface area (Å²) in [7, 11) is -3.21. The van der Waals surface area contributed by atoms with Gasteiger partial charge in [0.05, 0.1) is 23.5 Å². The lowest BCUT2D eigenvalue weighted by atomic mass is 10.1. The maximum Gasteiger partial charge on any atom is 0.416 e. The quantitative estimate of drug-likeness (QED) is 0.757. The van der Waals surface area contributed by atoms with Crippen molar-refractivity contribution in [3.05, 3.63) is 71.3 Å². The molecule has 0 spiro atoms. The summed E-state index contributed by atoms with van der Waals surface area (Å²) < 4.78 is 62.5. The van der Waals surface area contributed by atoms with Gasteiger partial charge >= 0.3 is 6.18 Å². The fraction of sp³-hybridized carbons (Fsp3) is 0.350. The van der Waals surface area contributed by atoms with Gasteiger partial charge in [0.15, 0.2) is 9.84 Å². The molecular weight excluding hydrogens is 391 g/mol. The number of alkyl halides is 3. The second-order valence-electron chi connectivity index (χ2n) is 6.94. The first-order chi connectivity index (χ1) is 13.1. The van der Waals surface area contributed by atoms with E-state index >= 15 is 0 Å². The number of amides is 1. The number of rotatable bonds is 5. The van der Waals surface area contributed by atoms with Crippen LogP contribution < -0.4 is 0 Å². The average Bonchev–Trinajstić information content (AvgIpc) is 2.99. The molecule has 0 bridgehead atoms. The maximum atomic E-state index is 12.9. The number of hydrogen-bond donors (Lipinski definition) is 0. The van der Waals surface area contributed by atoms with E-state index in [0.717, 1.165) is 17.7 Å². The van der Waals surface area contributed by atoms with Crippen molar-refractivity contribution in [1.82, 2.24) is 4.90 Å². The normalized spacial score (nSPS) is 18.8. The van der Waals surface area contributed by atoms with Gasteiger partial charge in [-0.2, -0.15) is 13.2 Å². The van der Waals surface area contributed by atoms with Gasteiger partial charge in [-0.05, 0) is 23.6 Å². The Bertz CT molecular complexity index is 943. The van der Waals surface area contributed by atoms with E-state index in [1.165, 1.54) is 17.0 Å².